The highest BCUT2D eigenvalue weighted by Crippen LogP contribution is 2.36. The maximum absolute atomic E-state index is 12.4. The fourth-order valence-corrected chi connectivity index (χ4v) is 2.97. The van der Waals surface area contributed by atoms with Crippen molar-refractivity contribution in [2.24, 2.45) is 11.8 Å². The average molecular weight is 260 g/mol. The molecule has 3 rings (SSSR count). The summed E-state index contributed by atoms with van der Waals surface area (Å²) in [5.41, 5.74) is -0.920. The van der Waals surface area contributed by atoms with Gasteiger partial charge in [-0.2, -0.15) is 13.2 Å². The molecule has 3 unspecified atom stereocenters. The second kappa shape index (κ2) is 4.26. The van der Waals surface area contributed by atoms with Crippen molar-refractivity contribution in [2.75, 3.05) is 6.54 Å². The van der Waals surface area contributed by atoms with Crippen LogP contribution in [0.25, 0.3) is 0 Å². The molecule has 100 valence electrons. The Morgan fingerprint density at radius 1 is 1.39 bits per heavy atom. The number of aromatic nitrogens is 1. The van der Waals surface area contributed by atoms with E-state index in [1.54, 1.807) is 0 Å². The number of hydrogen-bond donors (Lipinski definition) is 1. The van der Waals surface area contributed by atoms with Crippen molar-refractivity contribution in [2.45, 2.75) is 37.9 Å². The molecule has 1 aromatic heterocycles. The molecule has 0 radical (unpaired) electrons. The predicted molar refractivity (Wildman–Crippen MR) is 57.8 cm³/mol. The average Bonchev–Trinajstić information content (AvgIpc) is 2.70. The molecule has 2 aliphatic rings. The van der Waals surface area contributed by atoms with E-state index in [0.717, 1.165) is 25.8 Å². The van der Waals surface area contributed by atoms with E-state index in [0.29, 0.717) is 30.6 Å². The minimum Gasteiger partial charge on any atom is -0.448 e. The maximum atomic E-state index is 12.4. The Kier molecular flexibility index (Phi) is 2.84. The van der Waals surface area contributed by atoms with Gasteiger partial charge in [0.1, 0.15) is 6.26 Å². The van der Waals surface area contributed by atoms with Crippen LogP contribution in [0.5, 0.6) is 0 Å². The monoisotopic (exact) mass is 260 g/mol. The topological polar surface area (TPSA) is 38.1 Å². The molecule has 6 heteroatoms. The van der Waals surface area contributed by atoms with E-state index in [9.17, 15) is 13.2 Å². The molecule has 0 spiro atoms. The number of alkyl halides is 3. The first-order valence-electron chi connectivity index (χ1n) is 6.27. The van der Waals surface area contributed by atoms with E-state index in [4.69, 9.17) is 4.42 Å². The Morgan fingerprint density at radius 2 is 2.22 bits per heavy atom. The van der Waals surface area contributed by atoms with Gasteiger partial charge < -0.3 is 9.73 Å². The van der Waals surface area contributed by atoms with Crippen LogP contribution in [-0.2, 0) is 12.6 Å². The zero-order chi connectivity index (χ0) is 12.8. The molecule has 3 atom stereocenters. The zero-order valence-corrected chi connectivity index (χ0v) is 9.83. The van der Waals surface area contributed by atoms with Gasteiger partial charge in [0.15, 0.2) is 11.6 Å². The Hall–Kier alpha value is -1.04. The minimum absolute atomic E-state index is 0.220. The number of hydrogen-bond acceptors (Lipinski definition) is 3. The van der Waals surface area contributed by atoms with Crippen molar-refractivity contribution in [3.63, 3.8) is 0 Å². The molecule has 2 fully saturated rings. The van der Waals surface area contributed by atoms with Gasteiger partial charge in [0.25, 0.3) is 0 Å². The summed E-state index contributed by atoms with van der Waals surface area (Å²) in [7, 11) is 0. The number of fused-ring (bicyclic) bond motifs is 1. The molecule has 18 heavy (non-hydrogen) atoms. The van der Waals surface area contributed by atoms with E-state index in [1.807, 2.05) is 0 Å². The van der Waals surface area contributed by atoms with Crippen molar-refractivity contribution in [1.29, 1.82) is 0 Å². The summed E-state index contributed by atoms with van der Waals surface area (Å²) in [6.07, 6.45) is 0.0595. The summed E-state index contributed by atoms with van der Waals surface area (Å²) < 4.78 is 42.0. The summed E-state index contributed by atoms with van der Waals surface area (Å²) in [5, 5.41) is 3.37. The Morgan fingerprint density at radius 3 is 2.78 bits per heavy atom. The van der Waals surface area contributed by atoms with Gasteiger partial charge in [-0.3, -0.25) is 0 Å². The molecule has 0 amide bonds. The van der Waals surface area contributed by atoms with E-state index < -0.39 is 11.9 Å². The van der Waals surface area contributed by atoms with Crippen LogP contribution in [-0.4, -0.2) is 17.6 Å². The lowest BCUT2D eigenvalue weighted by Crippen LogP contribution is -2.55. The molecule has 1 aromatic rings. The Bertz CT molecular complexity index is 429. The summed E-state index contributed by atoms with van der Waals surface area (Å²) in [5.74, 6) is 1.33. The Balaban J connectivity index is 1.61. The largest absolute Gasteiger partial charge is 0.448 e. The fourth-order valence-electron chi connectivity index (χ4n) is 2.97. The summed E-state index contributed by atoms with van der Waals surface area (Å²) in [4.78, 5) is 3.53. The van der Waals surface area contributed by atoms with Gasteiger partial charge in [0.05, 0.1) is 0 Å². The lowest BCUT2D eigenvalue weighted by Gasteiger charge is -2.44. The molecule has 1 aliphatic heterocycles. The van der Waals surface area contributed by atoms with Crippen LogP contribution in [0.3, 0.4) is 0 Å². The van der Waals surface area contributed by atoms with E-state index in [1.165, 1.54) is 0 Å². The first-order chi connectivity index (χ1) is 8.52. The molecule has 1 N–H and O–H groups in total. The van der Waals surface area contributed by atoms with Crippen molar-refractivity contribution in [1.82, 2.24) is 10.3 Å². The van der Waals surface area contributed by atoms with Gasteiger partial charge in [0.2, 0.25) is 0 Å². The molecular weight excluding hydrogens is 245 g/mol. The van der Waals surface area contributed by atoms with Crippen LogP contribution in [0.4, 0.5) is 13.2 Å². The molecule has 1 saturated heterocycles. The molecule has 1 aliphatic carbocycles. The van der Waals surface area contributed by atoms with Crippen molar-refractivity contribution >= 4 is 0 Å². The standard InChI is InChI=1S/C12H15F3N2O/c13-12(14,15)10-6-18-11(17-10)4-7-1-2-9-8(3-7)5-16-9/h6-9,16H,1-5H2. The Labute approximate surface area is 103 Å². The third kappa shape index (κ3) is 2.25. The lowest BCUT2D eigenvalue weighted by molar-refractivity contribution is -0.141. The SMILES string of the molecule is FC(F)(F)c1coc(CC2CCC3NCC3C2)n1. The summed E-state index contributed by atoms with van der Waals surface area (Å²) >= 11 is 0. The van der Waals surface area contributed by atoms with Gasteiger partial charge in [0, 0.05) is 12.5 Å². The zero-order valence-electron chi connectivity index (χ0n) is 9.83. The highest BCUT2D eigenvalue weighted by atomic mass is 19.4. The molecule has 1 saturated carbocycles. The molecule has 3 nitrogen and oxygen atoms in total. The van der Waals surface area contributed by atoms with Gasteiger partial charge in [-0.15, -0.1) is 0 Å². The fraction of sp³-hybridized carbons (Fsp3) is 0.750. The third-order valence-electron chi connectivity index (χ3n) is 4.04. The summed E-state index contributed by atoms with van der Waals surface area (Å²) in [6.45, 7) is 1.04. The van der Waals surface area contributed by atoms with Crippen LogP contribution in [0.2, 0.25) is 0 Å². The van der Waals surface area contributed by atoms with Gasteiger partial charge >= 0.3 is 6.18 Å². The molecule has 0 aromatic carbocycles. The maximum Gasteiger partial charge on any atom is 0.436 e. The van der Waals surface area contributed by atoms with E-state index >= 15 is 0 Å². The minimum atomic E-state index is -4.41. The second-order valence-electron chi connectivity index (χ2n) is 5.28. The molecular formula is C12H15F3N2O. The number of nitrogens with zero attached hydrogens (tertiary/aromatic N) is 1. The first kappa shape index (κ1) is 12.0. The van der Waals surface area contributed by atoms with Gasteiger partial charge in [-0.25, -0.2) is 4.98 Å². The van der Waals surface area contributed by atoms with Crippen LogP contribution < -0.4 is 5.32 Å². The van der Waals surface area contributed by atoms with E-state index in [2.05, 4.69) is 10.3 Å². The summed E-state index contributed by atoms with van der Waals surface area (Å²) in [6, 6.07) is 0.636. The predicted octanol–water partition coefficient (Wildman–Crippen LogP) is 2.62. The van der Waals surface area contributed by atoms with Crippen LogP contribution in [0, 0.1) is 11.8 Å². The highest BCUT2D eigenvalue weighted by molar-refractivity contribution is 5.02. The van der Waals surface area contributed by atoms with E-state index in [-0.39, 0.29) is 5.89 Å². The molecule has 0 bridgehead atoms. The quantitative estimate of drug-likeness (QED) is 0.888. The van der Waals surface area contributed by atoms with Crippen molar-refractivity contribution in [3.05, 3.63) is 17.8 Å². The van der Waals surface area contributed by atoms with Gasteiger partial charge in [-0.1, -0.05) is 0 Å². The van der Waals surface area contributed by atoms with Crippen molar-refractivity contribution in [3.8, 4) is 0 Å². The van der Waals surface area contributed by atoms with Crippen molar-refractivity contribution < 1.29 is 17.6 Å². The lowest BCUT2D eigenvalue weighted by atomic mass is 9.73. The normalized spacial score (nSPS) is 31.8. The van der Waals surface area contributed by atoms with Crippen LogP contribution in [0.15, 0.2) is 10.7 Å². The highest BCUT2D eigenvalue weighted by Gasteiger charge is 2.38. The first-order valence-corrected chi connectivity index (χ1v) is 6.27. The number of halogens is 3. The number of rotatable bonds is 2. The number of oxazole rings is 1. The third-order valence-corrected chi connectivity index (χ3v) is 4.04. The second-order valence-corrected chi connectivity index (χ2v) is 5.28. The number of nitrogens with one attached hydrogen (secondary N) is 1. The van der Waals surface area contributed by atoms with Crippen LogP contribution >= 0.6 is 0 Å². The molecule has 2 heterocycles. The van der Waals surface area contributed by atoms with Gasteiger partial charge in [-0.05, 0) is 37.6 Å². The smallest absolute Gasteiger partial charge is 0.436 e. The van der Waals surface area contributed by atoms with Crippen LogP contribution in [0.1, 0.15) is 30.8 Å².